The molecule has 1 aromatic rings. The average Bonchev–Trinajstić information content (AvgIpc) is 2.26. The van der Waals surface area contributed by atoms with Crippen molar-refractivity contribution in [2.45, 2.75) is 19.8 Å². The van der Waals surface area contributed by atoms with Crippen molar-refractivity contribution < 1.29 is 9.94 Å². The van der Waals surface area contributed by atoms with Crippen molar-refractivity contribution in [3.8, 4) is 0 Å². The fourth-order valence-electron chi connectivity index (χ4n) is 1.06. The first-order valence-electron chi connectivity index (χ1n) is 4.78. The van der Waals surface area contributed by atoms with Gasteiger partial charge in [-0.25, -0.2) is 0 Å². The maximum absolute atomic E-state index is 8.74. The van der Waals surface area contributed by atoms with Gasteiger partial charge in [-0.3, -0.25) is 0 Å². The molecule has 0 unspecified atom stereocenters. The Hall–Kier alpha value is -1.51. The monoisotopic (exact) mass is 193 g/mol. The molecule has 0 bridgehead atoms. The highest BCUT2D eigenvalue weighted by Gasteiger charge is 2.03. The lowest BCUT2D eigenvalue weighted by atomic mass is 10.2. The molecule has 0 saturated heterocycles. The summed E-state index contributed by atoms with van der Waals surface area (Å²) in [6.45, 7) is 2.67. The van der Waals surface area contributed by atoms with E-state index in [9.17, 15) is 0 Å². The molecular weight excluding hydrogens is 178 g/mol. The molecule has 0 aliphatic heterocycles. The average molecular weight is 193 g/mol. The largest absolute Gasteiger partial charge is 0.475 e. The lowest BCUT2D eigenvalue weighted by Crippen LogP contribution is -2.07. The number of unbranched alkanes of at least 4 members (excludes halogenated alkanes) is 1. The SMILES string of the molecule is CCCCOC(=NO)c1ccccc1. The minimum absolute atomic E-state index is 0.291. The highest BCUT2D eigenvalue weighted by Crippen LogP contribution is 2.03. The van der Waals surface area contributed by atoms with E-state index in [-0.39, 0.29) is 0 Å². The molecule has 0 aliphatic carbocycles. The van der Waals surface area contributed by atoms with Crippen LogP contribution in [0, 0.1) is 0 Å². The lowest BCUT2D eigenvalue weighted by Gasteiger charge is -2.06. The summed E-state index contributed by atoms with van der Waals surface area (Å²) < 4.78 is 5.32. The van der Waals surface area contributed by atoms with Crippen molar-refractivity contribution in [3.05, 3.63) is 35.9 Å². The van der Waals surface area contributed by atoms with Crippen molar-refractivity contribution in [2.75, 3.05) is 6.61 Å². The summed E-state index contributed by atoms with van der Waals surface area (Å²) in [7, 11) is 0. The van der Waals surface area contributed by atoms with Crippen molar-refractivity contribution >= 4 is 5.90 Å². The molecular formula is C11H15NO2. The van der Waals surface area contributed by atoms with Gasteiger partial charge in [0.2, 0.25) is 0 Å². The maximum atomic E-state index is 8.74. The fourth-order valence-corrected chi connectivity index (χ4v) is 1.06. The molecule has 0 amide bonds. The first-order chi connectivity index (χ1) is 6.88. The minimum atomic E-state index is 0.291. The third kappa shape index (κ3) is 3.09. The van der Waals surface area contributed by atoms with E-state index in [2.05, 4.69) is 12.1 Å². The van der Waals surface area contributed by atoms with Crippen molar-refractivity contribution in [1.29, 1.82) is 0 Å². The van der Waals surface area contributed by atoms with E-state index in [1.165, 1.54) is 0 Å². The fraction of sp³-hybridized carbons (Fsp3) is 0.364. The topological polar surface area (TPSA) is 41.8 Å². The van der Waals surface area contributed by atoms with Crippen LogP contribution in [0.3, 0.4) is 0 Å². The molecule has 1 rings (SSSR count). The van der Waals surface area contributed by atoms with E-state index < -0.39 is 0 Å². The zero-order chi connectivity index (χ0) is 10.2. The zero-order valence-electron chi connectivity index (χ0n) is 8.31. The van der Waals surface area contributed by atoms with Crippen LogP contribution in [0.25, 0.3) is 0 Å². The van der Waals surface area contributed by atoms with Crippen molar-refractivity contribution in [3.63, 3.8) is 0 Å². The van der Waals surface area contributed by atoms with Gasteiger partial charge in [-0.15, -0.1) is 0 Å². The van der Waals surface area contributed by atoms with E-state index in [0.29, 0.717) is 12.5 Å². The lowest BCUT2D eigenvalue weighted by molar-refractivity contribution is 0.252. The Labute approximate surface area is 84.0 Å². The quantitative estimate of drug-likeness (QED) is 0.262. The van der Waals surface area contributed by atoms with Gasteiger partial charge < -0.3 is 9.94 Å². The predicted octanol–water partition coefficient (Wildman–Crippen LogP) is 2.64. The number of benzene rings is 1. The molecule has 0 aromatic heterocycles. The summed E-state index contributed by atoms with van der Waals surface area (Å²) >= 11 is 0. The van der Waals surface area contributed by atoms with Crippen LogP contribution in [-0.4, -0.2) is 17.7 Å². The number of nitrogens with zero attached hydrogens (tertiary/aromatic N) is 1. The normalized spacial score (nSPS) is 11.4. The van der Waals surface area contributed by atoms with Gasteiger partial charge in [0.15, 0.2) is 0 Å². The van der Waals surface area contributed by atoms with Crippen LogP contribution in [0.2, 0.25) is 0 Å². The third-order valence-corrected chi connectivity index (χ3v) is 1.85. The number of ether oxygens (including phenoxy) is 1. The Morgan fingerprint density at radius 2 is 2.07 bits per heavy atom. The first-order valence-corrected chi connectivity index (χ1v) is 4.78. The Balaban J connectivity index is 2.56. The van der Waals surface area contributed by atoms with Crippen LogP contribution in [0.4, 0.5) is 0 Å². The molecule has 76 valence electrons. The van der Waals surface area contributed by atoms with Gasteiger partial charge in [-0.1, -0.05) is 31.5 Å². The van der Waals surface area contributed by atoms with Gasteiger partial charge in [0.25, 0.3) is 5.90 Å². The number of hydrogen-bond donors (Lipinski definition) is 1. The molecule has 0 atom stereocenters. The van der Waals surface area contributed by atoms with Gasteiger partial charge in [-0.2, -0.15) is 0 Å². The summed E-state index contributed by atoms with van der Waals surface area (Å²) in [5.41, 5.74) is 0.797. The van der Waals surface area contributed by atoms with E-state index in [4.69, 9.17) is 9.94 Å². The van der Waals surface area contributed by atoms with Crippen LogP contribution in [0.15, 0.2) is 35.5 Å². The number of oxime groups is 1. The molecule has 0 aliphatic rings. The van der Waals surface area contributed by atoms with E-state index in [1.807, 2.05) is 30.3 Å². The number of hydrogen-bond acceptors (Lipinski definition) is 3. The first kappa shape index (κ1) is 10.6. The van der Waals surface area contributed by atoms with Crippen molar-refractivity contribution in [1.82, 2.24) is 0 Å². The molecule has 3 nitrogen and oxygen atoms in total. The van der Waals surface area contributed by atoms with Crippen LogP contribution in [0.5, 0.6) is 0 Å². The van der Waals surface area contributed by atoms with Gasteiger partial charge in [0, 0.05) is 5.56 Å². The van der Waals surface area contributed by atoms with Crippen LogP contribution in [-0.2, 0) is 4.74 Å². The Kier molecular flexibility index (Phi) is 4.55. The van der Waals surface area contributed by atoms with Crippen LogP contribution in [0.1, 0.15) is 25.3 Å². The number of rotatable bonds is 4. The summed E-state index contributed by atoms with van der Waals surface area (Å²) in [6.07, 6.45) is 2.03. The van der Waals surface area contributed by atoms with E-state index >= 15 is 0 Å². The minimum Gasteiger partial charge on any atom is -0.475 e. The van der Waals surface area contributed by atoms with Gasteiger partial charge in [-0.05, 0) is 23.7 Å². The smallest absolute Gasteiger partial charge is 0.257 e. The molecule has 0 radical (unpaired) electrons. The second-order valence-electron chi connectivity index (χ2n) is 2.97. The molecule has 0 saturated carbocycles. The second kappa shape index (κ2) is 6.02. The molecule has 1 aromatic carbocycles. The van der Waals surface area contributed by atoms with Crippen LogP contribution < -0.4 is 0 Å². The van der Waals surface area contributed by atoms with Gasteiger partial charge in [0.1, 0.15) is 0 Å². The van der Waals surface area contributed by atoms with Crippen LogP contribution >= 0.6 is 0 Å². The van der Waals surface area contributed by atoms with E-state index in [0.717, 1.165) is 18.4 Å². The Morgan fingerprint density at radius 3 is 2.64 bits per heavy atom. The van der Waals surface area contributed by atoms with Gasteiger partial charge in [0.05, 0.1) is 6.61 Å². The second-order valence-corrected chi connectivity index (χ2v) is 2.97. The Bertz CT molecular complexity index is 283. The molecule has 0 fully saturated rings. The summed E-state index contributed by atoms with van der Waals surface area (Å²) in [6, 6.07) is 9.36. The molecule has 3 heteroatoms. The predicted molar refractivity (Wildman–Crippen MR) is 55.6 cm³/mol. The molecule has 1 N–H and O–H groups in total. The van der Waals surface area contributed by atoms with Crippen molar-refractivity contribution in [2.24, 2.45) is 5.16 Å². The molecule has 14 heavy (non-hydrogen) atoms. The molecule has 0 heterocycles. The summed E-state index contributed by atoms with van der Waals surface area (Å²) in [4.78, 5) is 0. The van der Waals surface area contributed by atoms with Gasteiger partial charge >= 0.3 is 0 Å². The van der Waals surface area contributed by atoms with E-state index in [1.54, 1.807) is 0 Å². The summed E-state index contributed by atoms with van der Waals surface area (Å²) in [5, 5.41) is 11.9. The summed E-state index contributed by atoms with van der Waals surface area (Å²) in [5.74, 6) is 0.291. The maximum Gasteiger partial charge on any atom is 0.257 e. The highest BCUT2D eigenvalue weighted by atomic mass is 16.5. The third-order valence-electron chi connectivity index (χ3n) is 1.85. The zero-order valence-corrected chi connectivity index (χ0v) is 8.31. The standard InChI is InChI=1S/C11H15NO2/c1-2-3-9-14-11(12-13)10-7-5-4-6-8-10/h4-8,13H,2-3,9H2,1H3. The molecule has 0 spiro atoms. The Morgan fingerprint density at radius 1 is 1.36 bits per heavy atom. The highest BCUT2D eigenvalue weighted by molar-refractivity contribution is 5.93.